The summed E-state index contributed by atoms with van der Waals surface area (Å²) >= 11 is 0. The molecule has 0 N–H and O–H groups in total. The van der Waals surface area contributed by atoms with Crippen molar-refractivity contribution in [2.75, 3.05) is 13.7 Å². The molecule has 1 aromatic rings. The lowest BCUT2D eigenvalue weighted by molar-refractivity contribution is 0.240. The van der Waals surface area contributed by atoms with Crippen molar-refractivity contribution in [1.82, 2.24) is 9.97 Å². The summed E-state index contributed by atoms with van der Waals surface area (Å²) in [5.74, 6) is 6.49. The highest BCUT2D eigenvalue weighted by molar-refractivity contribution is 5.29. The lowest BCUT2D eigenvalue weighted by atomic mass is 9.83. The summed E-state index contributed by atoms with van der Waals surface area (Å²) in [6.45, 7) is 0.447. The molecule has 2 rings (SSSR count). The molecule has 0 atom stereocenters. The highest BCUT2D eigenvalue weighted by atomic mass is 16.5. The second kappa shape index (κ2) is 4.90. The van der Waals surface area contributed by atoms with E-state index in [4.69, 9.17) is 4.74 Å². The average Bonchev–Trinajstić information content (AvgIpc) is 2.16. The van der Waals surface area contributed by atoms with Gasteiger partial charge in [-0.15, -0.1) is 0 Å². The maximum absolute atomic E-state index is 4.86. The molecule has 0 saturated heterocycles. The highest BCUT2D eigenvalue weighted by Crippen LogP contribution is 2.34. The molecule has 0 unspecified atom stereocenters. The number of hydrogen-bond donors (Lipinski definition) is 0. The van der Waals surface area contributed by atoms with Crippen LogP contribution in [0.5, 0.6) is 0 Å². The van der Waals surface area contributed by atoms with Crippen LogP contribution in [0.3, 0.4) is 0 Å². The molecular weight excluding hydrogens is 188 g/mol. The van der Waals surface area contributed by atoms with Gasteiger partial charge in [0, 0.05) is 18.7 Å². The summed E-state index contributed by atoms with van der Waals surface area (Å²) in [5.41, 5.74) is 1.93. The van der Waals surface area contributed by atoms with Crippen molar-refractivity contribution >= 4 is 0 Å². The van der Waals surface area contributed by atoms with Crippen LogP contribution in [0.15, 0.2) is 12.4 Å². The van der Waals surface area contributed by atoms with E-state index in [-0.39, 0.29) is 0 Å². The zero-order valence-electron chi connectivity index (χ0n) is 8.86. The molecule has 1 saturated carbocycles. The van der Waals surface area contributed by atoms with Crippen molar-refractivity contribution in [3.8, 4) is 11.8 Å². The molecular formula is C12H14N2O. The molecule has 0 aromatic carbocycles. The van der Waals surface area contributed by atoms with Crippen LogP contribution in [-0.2, 0) is 4.74 Å². The largest absolute Gasteiger partial charge is 0.372 e. The Kier molecular flexibility index (Phi) is 3.31. The van der Waals surface area contributed by atoms with Crippen molar-refractivity contribution in [2.45, 2.75) is 25.2 Å². The SMILES string of the molecule is COCC#Cc1cc(C2CCC2)ncn1. The van der Waals surface area contributed by atoms with Crippen LogP contribution >= 0.6 is 0 Å². The van der Waals surface area contributed by atoms with Gasteiger partial charge < -0.3 is 4.74 Å². The van der Waals surface area contributed by atoms with E-state index in [0.717, 1.165) is 11.4 Å². The Hall–Kier alpha value is -1.40. The Balaban J connectivity index is 2.09. The van der Waals surface area contributed by atoms with Crippen LogP contribution in [0.25, 0.3) is 0 Å². The molecule has 0 aliphatic heterocycles. The second-order valence-corrected chi connectivity index (χ2v) is 3.69. The molecule has 0 radical (unpaired) electrons. The Morgan fingerprint density at radius 1 is 1.47 bits per heavy atom. The Morgan fingerprint density at radius 3 is 3.00 bits per heavy atom. The van der Waals surface area contributed by atoms with E-state index in [1.807, 2.05) is 6.07 Å². The number of nitrogens with zero attached hydrogens (tertiary/aromatic N) is 2. The van der Waals surface area contributed by atoms with Crippen molar-refractivity contribution in [1.29, 1.82) is 0 Å². The second-order valence-electron chi connectivity index (χ2n) is 3.69. The Morgan fingerprint density at radius 2 is 2.33 bits per heavy atom. The van der Waals surface area contributed by atoms with Crippen LogP contribution < -0.4 is 0 Å². The molecule has 15 heavy (non-hydrogen) atoms. The number of aromatic nitrogens is 2. The molecule has 0 spiro atoms. The van der Waals surface area contributed by atoms with Gasteiger partial charge in [-0.05, 0) is 24.8 Å². The quantitative estimate of drug-likeness (QED) is 0.685. The number of ether oxygens (including phenoxy) is 1. The first-order valence-electron chi connectivity index (χ1n) is 5.20. The lowest BCUT2D eigenvalue weighted by Crippen LogP contribution is -2.10. The van der Waals surface area contributed by atoms with Crippen LogP contribution in [0, 0.1) is 11.8 Å². The summed E-state index contributed by atoms with van der Waals surface area (Å²) in [6.07, 6.45) is 5.42. The normalized spacial score (nSPS) is 15.3. The van der Waals surface area contributed by atoms with Gasteiger partial charge in [-0.3, -0.25) is 0 Å². The minimum absolute atomic E-state index is 0.447. The van der Waals surface area contributed by atoms with Crippen LogP contribution in [-0.4, -0.2) is 23.7 Å². The topological polar surface area (TPSA) is 35.0 Å². The van der Waals surface area contributed by atoms with Crippen LogP contribution in [0.2, 0.25) is 0 Å². The Labute approximate surface area is 89.9 Å². The zero-order valence-corrected chi connectivity index (χ0v) is 8.86. The number of hydrogen-bond acceptors (Lipinski definition) is 3. The standard InChI is InChI=1S/C12H14N2O/c1-15-7-3-6-11-8-12(14-9-13-11)10-4-2-5-10/h8-10H,2,4-5,7H2,1H3. The van der Waals surface area contributed by atoms with Crippen LogP contribution in [0.4, 0.5) is 0 Å². The van der Waals surface area contributed by atoms with Gasteiger partial charge in [-0.1, -0.05) is 12.3 Å². The molecule has 0 amide bonds. The van der Waals surface area contributed by atoms with E-state index in [0.29, 0.717) is 12.5 Å². The number of rotatable bonds is 2. The average molecular weight is 202 g/mol. The van der Waals surface area contributed by atoms with Gasteiger partial charge in [-0.2, -0.15) is 0 Å². The van der Waals surface area contributed by atoms with E-state index in [9.17, 15) is 0 Å². The summed E-state index contributed by atoms with van der Waals surface area (Å²) in [6, 6.07) is 1.99. The maximum Gasteiger partial charge on any atom is 0.117 e. The fourth-order valence-electron chi connectivity index (χ4n) is 1.57. The molecule has 78 valence electrons. The fourth-order valence-corrected chi connectivity index (χ4v) is 1.57. The first-order chi connectivity index (χ1) is 7.40. The summed E-state index contributed by atoms with van der Waals surface area (Å²) in [4.78, 5) is 8.39. The molecule has 3 heteroatoms. The third-order valence-corrected chi connectivity index (χ3v) is 2.64. The predicted octanol–water partition coefficient (Wildman–Crippen LogP) is 1.74. The first-order valence-corrected chi connectivity index (χ1v) is 5.20. The van der Waals surface area contributed by atoms with Crippen molar-refractivity contribution < 1.29 is 4.74 Å². The van der Waals surface area contributed by atoms with E-state index in [1.165, 1.54) is 19.3 Å². The first kappa shape index (κ1) is 10.1. The van der Waals surface area contributed by atoms with Gasteiger partial charge in [0.2, 0.25) is 0 Å². The molecule has 1 aromatic heterocycles. The van der Waals surface area contributed by atoms with E-state index in [1.54, 1.807) is 13.4 Å². The zero-order chi connectivity index (χ0) is 10.5. The van der Waals surface area contributed by atoms with E-state index >= 15 is 0 Å². The van der Waals surface area contributed by atoms with Gasteiger partial charge in [-0.25, -0.2) is 9.97 Å². The predicted molar refractivity (Wildman–Crippen MR) is 57.4 cm³/mol. The highest BCUT2D eigenvalue weighted by Gasteiger charge is 2.20. The monoisotopic (exact) mass is 202 g/mol. The summed E-state index contributed by atoms with van der Waals surface area (Å²) in [7, 11) is 1.63. The molecule has 1 heterocycles. The third-order valence-electron chi connectivity index (χ3n) is 2.64. The Bertz CT molecular complexity index is 388. The third kappa shape index (κ3) is 2.54. The minimum Gasteiger partial charge on any atom is -0.372 e. The lowest BCUT2D eigenvalue weighted by Gasteiger charge is -2.24. The van der Waals surface area contributed by atoms with Crippen molar-refractivity contribution in [3.05, 3.63) is 23.8 Å². The van der Waals surface area contributed by atoms with E-state index in [2.05, 4.69) is 21.8 Å². The fraction of sp³-hybridized carbons (Fsp3) is 0.500. The number of methoxy groups -OCH3 is 1. The van der Waals surface area contributed by atoms with Gasteiger partial charge in [0.25, 0.3) is 0 Å². The van der Waals surface area contributed by atoms with Gasteiger partial charge >= 0.3 is 0 Å². The van der Waals surface area contributed by atoms with Gasteiger partial charge in [0.05, 0.1) is 0 Å². The summed E-state index contributed by atoms with van der Waals surface area (Å²) < 4.78 is 4.86. The van der Waals surface area contributed by atoms with Gasteiger partial charge in [0.1, 0.15) is 18.6 Å². The van der Waals surface area contributed by atoms with Gasteiger partial charge in [0.15, 0.2) is 0 Å². The van der Waals surface area contributed by atoms with Crippen LogP contribution in [0.1, 0.15) is 36.6 Å². The molecule has 1 fully saturated rings. The molecule has 0 bridgehead atoms. The maximum atomic E-state index is 4.86. The van der Waals surface area contributed by atoms with Crippen molar-refractivity contribution in [2.24, 2.45) is 0 Å². The molecule has 1 aliphatic rings. The molecule has 3 nitrogen and oxygen atoms in total. The van der Waals surface area contributed by atoms with E-state index < -0.39 is 0 Å². The molecule has 1 aliphatic carbocycles. The van der Waals surface area contributed by atoms with Crippen molar-refractivity contribution in [3.63, 3.8) is 0 Å². The smallest absolute Gasteiger partial charge is 0.117 e. The minimum atomic E-state index is 0.447. The summed E-state index contributed by atoms with van der Waals surface area (Å²) in [5, 5.41) is 0.